The molecule has 0 saturated heterocycles. The van der Waals surface area contributed by atoms with E-state index in [0.29, 0.717) is 0 Å². The van der Waals surface area contributed by atoms with Crippen LogP contribution in [0.15, 0.2) is 12.1 Å². The molecule has 0 unspecified atom stereocenters. The summed E-state index contributed by atoms with van der Waals surface area (Å²) in [4.78, 5) is 36.3. The number of ketones is 1. The normalized spacial score (nSPS) is 9.80. The molecule has 1 heterocycles. The van der Waals surface area contributed by atoms with Gasteiger partial charge in [-0.25, -0.2) is 4.98 Å². The molecule has 0 fully saturated rings. The van der Waals surface area contributed by atoms with Gasteiger partial charge in [0.05, 0.1) is 0 Å². The van der Waals surface area contributed by atoms with Gasteiger partial charge in [0, 0.05) is 5.56 Å². The largest absolute Gasteiger partial charge is 0.295 e. The minimum absolute atomic E-state index is 0.165. The molecule has 0 spiro atoms. The number of carbonyl (C=O) groups excluding carboxylic acids is 3. The number of rotatable bonds is 3. The number of hydrogen-bond acceptors (Lipinski definition) is 4. The highest BCUT2D eigenvalue weighted by Gasteiger charge is 2.13. The number of Topliss-reactive ketones (excluding diaryl/α,β-unsaturated/α-hetero) is 1. The quantitative estimate of drug-likeness (QED) is 0.604. The van der Waals surface area contributed by atoms with Gasteiger partial charge in [0.1, 0.15) is 11.4 Å². The average molecular weight is 246 g/mol. The summed E-state index contributed by atoms with van der Waals surface area (Å²) in [5.41, 5.74) is -0.181. The van der Waals surface area contributed by atoms with Crippen LogP contribution >= 0.6 is 23.2 Å². The van der Waals surface area contributed by atoms with E-state index < -0.39 is 10.5 Å². The number of halogens is 2. The fourth-order valence-electron chi connectivity index (χ4n) is 0.935. The first-order valence-electron chi connectivity index (χ1n) is 3.84. The van der Waals surface area contributed by atoms with Crippen molar-refractivity contribution < 1.29 is 14.4 Å². The number of aromatic nitrogens is 1. The third-order valence-electron chi connectivity index (χ3n) is 1.63. The molecule has 0 aromatic carbocycles. The van der Waals surface area contributed by atoms with Crippen LogP contribution in [-0.2, 0) is 0 Å². The van der Waals surface area contributed by atoms with Crippen molar-refractivity contribution in [3.63, 3.8) is 0 Å². The summed E-state index contributed by atoms with van der Waals surface area (Å²) in [7, 11) is 0. The van der Waals surface area contributed by atoms with Crippen LogP contribution in [0.4, 0.5) is 0 Å². The predicted octanol–water partition coefficient (Wildman–Crippen LogP) is 2.04. The summed E-state index contributed by atoms with van der Waals surface area (Å²) in [6.45, 7) is 1.29. The lowest BCUT2D eigenvalue weighted by Crippen LogP contribution is -2.05. The number of pyridine rings is 1. The van der Waals surface area contributed by atoms with Gasteiger partial charge in [-0.05, 0) is 42.3 Å². The van der Waals surface area contributed by atoms with Crippen LogP contribution in [0.5, 0.6) is 0 Å². The van der Waals surface area contributed by atoms with E-state index in [9.17, 15) is 14.4 Å². The summed E-state index contributed by atoms with van der Waals surface area (Å²) in [5.74, 6) is -0.310. The molecule has 1 rings (SSSR count). The topological polar surface area (TPSA) is 64.1 Å². The van der Waals surface area contributed by atoms with E-state index >= 15 is 0 Å². The fraction of sp³-hybridized carbons (Fsp3) is 0.111. The summed E-state index contributed by atoms with van der Waals surface area (Å²) in [6, 6.07) is 2.42. The molecule has 0 saturated carbocycles. The van der Waals surface area contributed by atoms with Crippen LogP contribution in [0.25, 0.3) is 0 Å². The molecule has 4 nitrogen and oxygen atoms in total. The first-order valence-corrected chi connectivity index (χ1v) is 4.60. The Bertz CT molecular complexity index is 378. The monoisotopic (exact) mass is 245 g/mol. The van der Waals surface area contributed by atoms with Crippen molar-refractivity contribution in [3.05, 3.63) is 29.1 Å². The Morgan fingerprint density at radius 2 is 1.47 bits per heavy atom. The molecule has 0 aliphatic heterocycles. The standard InChI is InChI=1S/C9H5Cl2NO3/c1-4(13)5-2-6(8(10)14)12-7(3-5)9(11)15/h2-3H,1H3. The van der Waals surface area contributed by atoms with Crippen molar-refractivity contribution >= 4 is 39.5 Å². The third-order valence-corrected chi connectivity index (χ3v) is 2.02. The zero-order valence-electron chi connectivity index (χ0n) is 7.58. The summed E-state index contributed by atoms with van der Waals surface area (Å²) in [5, 5.41) is -1.70. The Labute approximate surface area is 95.2 Å². The van der Waals surface area contributed by atoms with Gasteiger partial charge in [-0.3, -0.25) is 14.4 Å². The van der Waals surface area contributed by atoms with E-state index in [1.165, 1.54) is 19.1 Å². The van der Waals surface area contributed by atoms with Crippen molar-refractivity contribution in [1.29, 1.82) is 0 Å². The second-order valence-electron chi connectivity index (χ2n) is 2.73. The van der Waals surface area contributed by atoms with Crippen LogP contribution in [0.2, 0.25) is 0 Å². The molecule has 0 aliphatic carbocycles. The van der Waals surface area contributed by atoms with Crippen LogP contribution in [0.3, 0.4) is 0 Å². The molecule has 1 aromatic heterocycles. The van der Waals surface area contributed by atoms with E-state index in [1.807, 2.05) is 0 Å². The number of carbonyl (C=O) groups is 3. The number of nitrogens with zero attached hydrogens (tertiary/aromatic N) is 1. The minimum Gasteiger partial charge on any atom is -0.295 e. The molecule has 0 bridgehead atoms. The molecule has 0 N–H and O–H groups in total. The van der Waals surface area contributed by atoms with Crippen LogP contribution in [0.1, 0.15) is 38.3 Å². The van der Waals surface area contributed by atoms with E-state index in [1.54, 1.807) is 0 Å². The predicted molar refractivity (Wildman–Crippen MR) is 54.6 cm³/mol. The minimum atomic E-state index is -0.850. The molecule has 15 heavy (non-hydrogen) atoms. The molecule has 78 valence electrons. The van der Waals surface area contributed by atoms with Gasteiger partial charge in [-0.2, -0.15) is 0 Å². The molecular formula is C9H5Cl2NO3. The Morgan fingerprint density at radius 1 is 1.07 bits per heavy atom. The summed E-state index contributed by atoms with van der Waals surface area (Å²) < 4.78 is 0. The zero-order valence-corrected chi connectivity index (χ0v) is 9.09. The summed E-state index contributed by atoms with van der Waals surface area (Å²) >= 11 is 10.4. The average Bonchev–Trinajstić information content (AvgIpc) is 2.16. The first kappa shape index (κ1) is 11.8. The van der Waals surface area contributed by atoms with Gasteiger partial charge in [0.15, 0.2) is 5.78 Å². The van der Waals surface area contributed by atoms with Crippen molar-refractivity contribution in [2.45, 2.75) is 6.92 Å². The molecule has 0 radical (unpaired) electrons. The highest BCUT2D eigenvalue weighted by molar-refractivity contribution is 6.68. The Hall–Kier alpha value is -1.26. The van der Waals surface area contributed by atoms with Gasteiger partial charge in [-0.1, -0.05) is 0 Å². The lowest BCUT2D eigenvalue weighted by molar-refractivity contribution is 0.101. The van der Waals surface area contributed by atoms with Gasteiger partial charge in [-0.15, -0.1) is 0 Å². The maximum atomic E-state index is 11.1. The van der Waals surface area contributed by atoms with Crippen LogP contribution in [0, 0.1) is 0 Å². The molecule has 0 atom stereocenters. The molecule has 0 amide bonds. The number of hydrogen-bond donors (Lipinski definition) is 0. The molecule has 0 aliphatic rings. The van der Waals surface area contributed by atoms with E-state index in [-0.39, 0.29) is 22.7 Å². The summed E-state index contributed by atoms with van der Waals surface area (Å²) in [6.07, 6.45) is 0. The van der Waals surface area contributed by atoms with E-state index in [0.717, 1.165) is 0 Å². The second-order valence-corrected chi connectivity index (χ2v) is 3.42. The van der Waals surface area contributed by atoms with Crippen LogP contribution in [-0.4, -0.2) is 21.3 Å². The highest BCUT2D eigenvalue weighted by Crippen LogP contribution is 2.11. The SMILES string of the molecule is CC(=O)c1cc(C(=O)Cl)nc(C(=O)Cl)c1. The molecule has 1 aromatic rings. The van der Waals surface area contributed by atoms with Gasteiger partial charge in [0.25, 0.3) is 10.5 Å². The van der Waals surface area contributed by atoms with Gasteiger partial charge in [0.2, 0.25) is 0 Å². The third kappa shape index (κ3) is 2.84. The Kier molecular flexibility index (Phi) is 3.55. The van der Waals surface area contributed by atoms with Gasteiger partial charge >= 0.3 is 0 Å². The zero-order chi connectivity index (χ0) is 11.6. The smallest absolute Gasteiger partial charge is 0.270 e. The van der Waals surface area contributed by atoms with Crippen molar-refractivity contribution in [1.82, 2.24) is 4.98 Å². The molecular weight excluding hydrogens is 241 g/mol. The van der Waals surface area contributed by atoms with Crippen LogP contribution < -0.4 is 0 Å². The van der Waals surface area contributed by atoms with Gasteiger partial charge < -0.3 is 0 Å². The Morgan fingerprint density at radius 3 is 1.73 bits per heavy atom. The first-order chi connectivity index (χ1) is 6.91. The lowest BCUT2D eigenvalue weighted by Gasteiger charge is -2.00. The van der Waals surface area contributed by atoms with E-state index in [2.05, 4.69) is 4.98 Å². The highest BCUT2D eigenvalue weighted by atomic mass is 35.5. The maximum absolute atomic E-state index is 11.1. The second kappa shape index (κ2) is 4.51. The lowest BCUT2D eigenvalue weighted by atomic mass is 10.1. The van der Waals surface area contributed by atoms with Crippen molar-refractivity contribution in [3.8, 4) is 0 Å². The fourth-order valence-corrected chi connectivity index (χ4v) is 1.13. The van der Waals surface area contributed by atoms with E-state index in [4.69, 9.17) is 23.2 Å². The van der Waals surface area contributed by atoms with Crippen molar-refractivity contribution in [2.24, 2.45) is 0 Å². The maximum Gasteiger partial charge on any atom is 0.270 e. The van der Waals surface area contributed by atoms with Crippen molar-refractivity contribution in [2.75, 3.05) is 0 Å². The molecule has 6 heteroatoms. The Balaban J connectivity index is 3.39.